The molecule has 0 aromatic carbocycles. The Bertz CT molecular complexity index is 908. The minimum atomic E-state index is -0.727. The number of hydrogen-bond donors (Lipinski definition) is 3. The van der Waals surface area contributed by atoms with Gasteiger partial charge < -0.3 is 24.5 Å². The lowest BCUT2D eigenvalue weighted by atomic mass is 9.43. The monoisotopic (exact) mass is 416 g/mol. The first-order valence-corrected chi connectivity index (χ1v) is 11.5. The van der Waals surface area contributed by atoms with E-state index < -0.39 is 28.8 Å². The molecule has 0 unspecified atom stereocenters. The molecule has 6 nitrogen and oxygen atoms in total. The number of aliphatic hydroxyl groups excluding tert-OH is 3. The van der Waals surface area contributed by atoms with Gasteiger partial charge in [0.2, 0.25) is 0 Å². The van der Waals surface area contributed by atoms with Crippen LogP contribution in [0.2, 0.25) is 0 Å². The third kappa shape index (κ3) is 2.11. The molecule has 5 fully saturated rings. The van der Waals surface area contributed by atoms with E-state index in [1.807, 2.05) is 0 Å². The van der Waals surface area contributed by atoms with Crippen LogP contribution in [0.3, 0.4) is 0 Å². The summed E-state index contributed by atoms with van der Waals surface area (Å²) in [5.41, 5.74) is -0.714. The van der Waals surface area contributed by atoms with Crippen molar-refractivity contribution < 1.29 is 24.5 Å². The zero-order valence-corrected chi connectivity index (χ0v) is 17.7. The Morgan fingerprint density at radius 3 is 2.57 bits per heavy atom. The number of hydrogen-bond acceptors (Lipinski definition) is 6. The van der Waals surface area contributed by atoms with Crippen molar-refractivity contribution in [3.05, 3.63) is 34.4 Å². The third-order valence-corrected chi connectivity index (χ3v) is 10.3. The lowest BCUT2D eigenvalue weighted by Gasteiger charge is -2.62. The van der Waals surface area contributed by atoms with Crippen LogP contribution >= 0.6 is 0 Å². The topological polar surface area (TPSA) is 103 Å². The van der Waals surface area contributed by atoms with Crippen LogP contribution in [-0.2, 0) is 4.74 Å². The maximum Gasteiger partial charge on any atom is 0.335 e. The second kappa shape index (κ2) is 5.97. The normalized spacial score (nSPS) is 56.4. The molecule has 6 rings (SSSR count). The Balaban J connectivity index is 1.42. The molecule has 0 bridgehead atoms. The van der Waals surface area contributed by atoms with Crippen molar-refractivity contribution in [2.75, 3.05) is 0 Å². The quantitative estimate of drug-likeness (QED) is 0.607. The Labute approximate surface area is 176 Å². The van der Waals surface area contributed by atoms with E-state index in [0.717, 1.165) is 37.7 Å². The van der Waals surface area contributed by atoms with Gasteiger partial charge in [-0.25, -0.2) is 4.79 Å². The third-order valence-electron chi connectivity index (χ3n) is 10.3. The molecule has 4 saturated carbocycles. The zero-order chi connectivity index (χ0) is 21.1. The summed E-state index contributed by atoms with van der Waals surface area (Å²) in [7, 11) is 0. The summed E-state index contributed by atoms with van der Waals surface area (Å²) in [4.78, 5) is 11.5. The van der Waals surface area contributed by atoms with Crippen LogP contribution < -0.4 is 5.63 Å². The van der Waals surface area contributed by atoms with Crippen molar-refractivity contribution in [3.8, 4) is 0 Å². The van der Waals surface area contributed by atoms with Gasteiger partial charge >= 0.3 is 5.63 Å². The van der Waals surface area contributed by atoms with E-state index in [1.165, 1.54) is 12.3 Å². The molecular formula is C24H32O6. The van der Waals surface area contributed by atoms with Gasteiger partial charge in [-0.2, -0.15) is 0 Å². The molecule has 6 heteroatoms. The SMILES string of the molecule is C[C@]12CC[C@H](O)C[C@H]1CC[C@@H]1[C@@H]2C[C@@H](O)[C@]2(C)[C@@H](c3ccc(=O)oc3)[C@H](O)[C@H]3O[C@]132. The first-order chi connectivity index (χ1) is 14.2. The summed E-state index contributed by atoms with van der Waals surface area (Å²) >= 11 is 0. The summed E-state index contributed by atoms with van der Waals surface area (Å²) in [5, 5.41) is 33.1. The maximum atomic E-state index is 11.6. The van der Waals surface area contributed by atoms with Gasteiger partial charge in [-0.1, -0.05) is 13.8 Å². The predicted molar refractivity (Wildman–Crippen MR) is 108 cm³/mol. The van der Waals surface area contributed by atoms with Crippen LogP contribution in [0.15, 0.2) is 27.6 Å². The molecule has 4 aliphatic carbocycles. The summed E-state index contributed by atoms with van der Waals surface area (Å²) in [5.74, 6) is 0.785. The lowest BCUT2D eigenvalue weighted by Crippen LogP contribution is -2.63. The minimum Gasteiger partial charge on any atom is -0.431 e. The van der Waals surface area contributed by atoms with E-state index in [2.05, 4.69) is 13.8 Å². The molecule has 1 spiro atoms. The summed E-state index contributed by atoms with van der Waals surface area (Å²) < 4.78 is 11.5. The van der Waals surface area contributed by atoms with Crippen molar-refractivity contribution >= 4 is 0 Å². The number of fused-ring (bicyclic) bond motifs is 3. The second-order valence-corrected chi connectivity index (χ2v) is 11.1. The molecular weight excluding hydrogens is 384 g/mol. The molecule has 164 valence electrons. The van der Waals surface area contributed by atoms with E-state index >= 15 is 0 Å². The molecule has 3 N–H and O–H groups in total. The van der Waals surface area contributed by atoms with Crippen molar-refractivity contribution in [2.45, 2.75) is 88.3 Å². The van der Waals surface area contributed by atoms with Gasteiger partial charge in [-0.15, -0.1) is 0 Å². The van der Waals surface area contributed by atoms with Gasteiger partial charge in [0.25, 0.3) is 0 Å². The van der Waals surface area contributed by atoms with Crippen LogP contribution in [0, 0.1) is 28.6 Å². The number of epoxide rings is 1. The standard InChI is InChI=1S/C24H32O6/c1-22-8-7-14(25)9-13(22)4-5-15-16(22)10-17(26)23(2)19(12-3-6-18(27)29-11-12)20(28)21-24(15,23)30-21/h3,6,11,13-17,19-21,25-26,28H,4-5,7-10H2,1-2H3/t13-,14+,15-,16+,17-,19+,20+,21-,22+,23-,24-/m1/s1. The highest BCUT2D eigenvalue weighted by atomic mass is 16.6. The van der Waals surface area contributed by atoms with Gasteiger partial charge in [-0.3, -0.25) is 0 Å². The smallest absolute Gasteiger partial charge is 0.335 e. The van der Waals surface area contributed by atoms with Crippen LogP contribution in [-0.4, -0.2) is 45.3 Å². The van der Waals surface area contributed by atoms with Gasteiger partial charge in [0.15, 0.2) is 0 Å². The summed E-state index contributed by atoms with van der Waals surface area (Å²) in [6, 6.07) is 3.11. The van der Waals surface area contributed by atoms with Crippen LogP contribution in [0.5, 0.6) is 0 Å². The molecule has 2 heterocycles. The summed E-state index contributed by atoms with van der Waals surface area (Å²) in [6.45, 7) is 4.43. The van der Waals surface area contributed by atoms with E-state index in [-0.39, 0.29) is 23.5 Å². The Hall–Kier alpha value is -1.21. The highest BCUT2D eigenvalue weighted by Crippen LogP contribution is 2.77. The molecule has 30 heavy (non-hydrogen) atoms. The van der Waals surface area contributed by atoms with Crippen LogP contribution in [0.4, 0.5) is 0 Å². The average molecular weight is 417 g/mol. The highest BCUT2D eigenvalue weighted by Gasteiger charge is 2.85. The molecule has 1 aromatic rings. The van der Waals surface area contributed by atoms with Crippen molar-refractivity contribution in [1.82, 2.24) is 0 Å². The largest absolute Gasteiger partial charge is 0.431 e. The van der Waals surface area contributed by atoms with E-state index in [0.29, 0.717) is 24.2 Å². The number of ether oxygens (including phenoxy) is 1. The molecule has 1 saturated heterocycles. The second-order valence-electron chi connectivity index (χ2n) is 11.1. The van der Waals surface area contributed by atoms with Crippen molar-refractivity contribution in [2.24, 2.45) is 28.6 Å². The molecule has 0 amide bonds. The number of aliphatic hydroxyl groups is 3. The zero-order valence-electron chi connectivity index (χ0n) is 17.7. The van der Waals surface area contributed by atoms with Gasteiger partial charge in [0.1, 0.15) is 11.7 Å². The first-order valence-electron chi connectivity index (χ1n) is 11.5. The molecule has 5 aliphatic rings. The lowest BCUT2D eigenvalue weighted by molar-refractivity contribution is -0.187. The van der Waals surface area contributed by atoms with Gasteiger partial charge in [-0.05, 0) is 73.3 Å². The van der Waals surface area contributed by atoms with Crippen molar-refractivity contribution in [1.29, 1.82) is 0 Å². The van der Waals surface area contributed by atoms with Crippen LogP contribution in [0.1, 0.15) is 63.9 Å². The van der Waals surface area contributed by atoms with Gasteiger partial charge in [0.05, 0.1) is 24.6 Å². The average Bonchev–Trinajstić information content (AvgIpc) is 3.42. The fourth-order valence-electron chi connectivity index (χ4n) is 8.77. The van der Waals surface area contributed by atoms with Crippen LogP contribution in [0.25, 0.3) is 0 Å². The highest BCUT2D eigenvalue weighted by molar-refractivity contribution is 5.39. The predicted octanol–water partition coefficient (Wildman–Crippen LogP) is 2.20. The maximum absolute atomic E-state index is 11.6. The Morgan fingerprint density at radius 1 is 1.03 bits per heavy atom. The molecule has 1 aliphatic heterocycles. The van der Waals surface area contributed by atoms with E-state index in [4.69, 9.17) is 9.15 Å². The first kappa shape index (κ1) is 19.5. The fraction of sp³-hybridized carbons (Fsp3) is 0.792. The van der Waals surface area contributed by atoms with Crippen molar-refractivity contribution in [3.63, 3.8) is 0 Å². The fourth-order valence-corrected chi connectivity index (χ4v) is 8.77. The Morgan fingerprint density at radius 2 is 1.83 bits per heavy atom. The Kier molecular flexibility index (Phi) is 3.88. The van der Waals surface area contributed by atoms with E-state index in [9.17, 15) is 20.1 Å². The molecule has 1 aromatic heterocycles. The molecule has 11 atom stereocenters. The minimum absolute atomic E-state index is 0.0955. The number of rotatable bonds is 1. The van der Waals surface area contributed by atoms with E-state index in [1.54, 1.807) is 6.07 Å². The summed E-state index contributed by atoms with van der Waals surface area (Å²) in [6.07, 6.45) is 5.08. The molecule has 0 radical (unpaired) electrons. The van der Waals surface area contributed by atoms with Gasteiger partial charge in [0, 0.05) is 17.4 Å².